The van der Waals surface area contributed by atoms with Crippen LogP contribution < -0.4 is 4.74 Å². The lowest BCUT2D eigenvalue weighted by Crippen LogP contribution is -2.25. The van der Waals surface area contributed by atoms with Crippen LogP contribution in [0.2, 0.25) is 0 Å². The molecule has 3 nitrogen and oxygen atoms in total. The number of carbonyl (C=O) groups excluding carboxylic acids is 1. The number of halogens is 3. The third-order valence-corrected chi connectivity index (χ3v) is 3.72. The van der Waals surface area contributed by atoms with E-state index >= 15 is 0 Å². The maximum absolute atomic E-state index is 13.0. The standard InChI is InChI=1S/C20H20F3NO2/c1-3-26-17-11-8-15(9-12-17)10-13-19(25)24(2)14-16-6-4-5-7-18(16)20(21,22)23/h4-13H,3,14H2,1-2H3/b13-10+. The zero-order valence-electron chi connectivity index (χ0n) is 14.6. The van der Waals surface area contributed by atoms with E-state index in [4.69, 9.17) is 4.74 Å². The Kier molecular flexibility index (Phi) is 6.44. The SMILES string of the molecule is CCOc1ccc(/C=C/C(=O)N(C)Cc2ccccc2C(F)(F)F)cc1. The molecule has 0 aliphatic rings. The predicted molar refractivity (Wildman–Crippen MR) is 94.6 cm³/mol. The van der Waals surface area contributed by atoms with Crippen LogP contribution in [0.5, 0.6) is 5.75 Å². The number of alkyl halides is 3. The van der Waals surface area contributed by atoms with Gasteiger partial charge in [-0.2, -0.15) is 13.2 Å². The fourth-order valence-corrected chi connectivity index (χ4v) is 2.40. The summed E-state index contributed by atoms with van der Waals surface area (Å²) in [7, 11) is 1.47. The molecule has 0 saturated heterocycles. The lowest BCUT2D eigenvalue weighted by Gasteiger charge is -2.19. The molecule has 0 aliphatic heterocycles. The molecule has 0 saturated carbocycles. The van der Waals surface area contributed by atoms with E-state index in [0.717, 1.165) is 17.4 Å². The molecular weight excluding hydrogens is 343 g/mol. The molecule has 0 N–H and O–H groups in total. The molecule has 0 fully saturated rings. The highest BCUT2D eigenvalue weighted by Crippen LogP contribution is 2.32. The number of nitrogens with zero attached hydrogens (tertiary/aromatic N) is 1. The Morgan fingerprint density at radius 2 is 1.77 bits per heavy atom. The number of likely N-dealkylation sites (N-methyl/N-ethyl adjacent to an activating group) is 1. The van der Waals surface area contributed by atoms with Gasteiger partial charge in [0.2, 0.25) is 5.91 Å². The van der Waals surface area contributed by atoms with E-state index in [1.165, 1.54) is 36.2 Å². The molecule has 138 valence electrons. The second-order valence-electron chi connectivity index (χ2n) is 5.68. The zero-order valence-corrected chi connectivity index (χ0v) is 14.6. The van der Waals surface area contributed by atoms with Crippen molar-refractivity contribution in [3.8, 4) is 5.75 Å². The highest BCUT2D eigenvalue weighted by Gasteiger charge is 2.33. The Morgan fingerprint density at radius 1 is 1.12 bits per heavy atom. The van der Waals surface area contributed by atoms with Crippen LogP contribution in [0.1, 0.15) is 23.6 Å². The third kappa shape index (κ3) is 5.37. The minimum absolute atomic E-state index is 0.0605. The van der Waals surface area contributed by atoms with Gasteiger partial charge in [0, 0.05) is 19.7 Å². The Bertz CT molecular complexity index is 767. The molecule has 0 aromatic heterocycles. The number of amides is 1. The van der Waals surface area contributed by atoms with Crippen LogP contribution in [0.15, 0.2) is 54.6 Å². The maximum Gasteiger partial charge on any atom is 0.416 e. The van der Waals surface area contributed by atoms with Crippen LogP contribution in [0.3, 0.4) is 0 Å². The maximum atomic E-state index is 13.0. The van der Waals surface area contributed by atoms with Crippen molar-refractivity contribution >= 4 is 12.0 Å². The van der Waals surface area contributed by atoms with Crippen LogP contribution >= 0.6 is 0 Å². The van der Waals surface area contributed by atoms with Crippen LogP contribution in [0.25, 0.3) is 6.08 Å². The average molecular weight is 363 g/mol. The molecule has 0 radical (unpaired) electrons. The summed E-state index contributed by atoms with van der Waals surface area (Å²) >= 11 is 0. The summed E-state index contributed by atoms with van der Waals surface area (Å²) in [5.41, 5.74) is 0.131. The summed E-state index contributed by atoms with van der Waals surface area (Å²) in [6, 6.07) is 12.4. The van der Waals surface area contributed by atoms with Crippen LogP contribution in [0.4, 0.5) is 13.2 Å². The summed E-state index contributed by atoms with van der Waals surface area (Å²) < 4.78 is 44.4. The fourth-order valence-electron chi connectivity index (χ4n) is 2.40. The minimum atomic E-state index is -4.45. The number of ether oxygens (including phenoxy) is 1. The topological polar surface area (TPSA) is 29.5 Å². The van der Waals surface area contributed by atoms with Crippen LogP contribution in [-0.4, -0.2) is 24.5 Å². The first kappa shape index (κ1) is 19.6. The zero-order chi connectivity index (χ0) is 19.2. The summed E-state index contributed by atoms with van der Waals surface area (Å²) in [6.07, 6.45) is -1.49. The van der Waals surface area contributed by atoms with Crippen molar-refractivity contribution < 1.29 is 22.7 Å². The monoisotopic (exact) mass is 363 g/mol. The number of rotatable bonds is 6. The average Bonchev–Trinajstić information content (AvgIpc) is 2.60. The van der Waals surface area contributed by atoms with E-state index in [-0.39, 0.29) is 18.0 Å². The second-order valence-corrected chi connectivity index (χ2v) is 5.68. The molecule has 6 heteroatoms. The molecular formula is C20H20F3NO2. The van der Waals surface area contributed by atoms with Gasteiger partial charge in [0.25, 0.3) is 0 Å². The Morgan fingerprint density at radius 3 is 2.38 bits per heavy atom. The van der Waals surface area contributed by atoms with E-state index in [9.17, 15) is 18.0 Å². The highest BCUT2D eigenvalue weighted by atomic mass is 19.4. The molecule has 2 aromatic carbocycles. The first-order valence-electron chi connectivity index (χ1n) is 8.12. The normalized spacial score (nSPS) is 11.6. The molecule has 26 heavy (non-hydrogen) atoms. The molecule has 0 atom stereocenters. The van der Waals surface area contributed by atoms with Crippen LogP contribution in [0, 0.1) is 0 Å². The van der Waals surface area contributed by atoms with E-state index in [1.807, 2.05) is 6.92 Å². The molecule has 0 aliphatic carbocycles. The fraction of sp³-hybridized carbons (Fsp3) is 0.250. The molecule has 2 aromatic rings. The first-order valence-corrected chi connectivity index (χ1v) is 8.12. The van der Waals surface area contributed by atoms with Gasteiger partial charge in [-0.25, -0.2) is 0 Å². The largest absolute Gasteiger partial charge is 0.494 e. The van der Waals surface area contributed by atoms with Gasteiger partial charge < -0.3 is 9.64 Å². The van der Waals surface area contributed by atoms with E-state index in [1.54, 1.807) is 30.3 Å². The van der Waals surface area contributed by atoms with Crippen molar-refractivity contribution in [3.63, 3.8) is 0 Å². The van der Waals surface area contributed by atoms with Crippen molar-refractivity contribution in [2.45, 2.75) is 19.6 Å². The lowest BCUT2D eigenvalue weighted by molar-refractivity contribution is -0.139. The molecule has 0 unspecified atom stereocenters. The molecule has 2 rings (SSSR count). The lowest BCUT2D eigenvalue weighted by atomic mass is 10.1. The predicted octanol–water partition coefficient (Wildman–Crippen LogP) is 4.78. The minimum Gasteiger partial charge on any atom is -0.494 e. The number of hydrogen-bond donors (Lipinski definition) is 0. The number of hydrogen-bond acceptors (Lipinski definition) is 2. The van der Waals surface area contributed by atoms with Gasteiger partial charge in [-0.15, -0.1) is 0 Å². The highest BCUT2D eigenvalue weighted by molar-refractivity contribution is 5.91. The van der Waals surface area contributed by atoms with Crippen molar-refractivity contribution in [2.75, 3.05) is 13.7 Å². The van der Waals surface area contributed by atoms with Crippen molar-refractivity contribution in [3.05, 3.63) is 71.3 Å². The number of benzene rings is 2. The van der Waals surface area contributed by atoms with Gasteiger partial charge in [0.05, 0.1) is 12.2 Å². The van der Waals surface area contributed by atoms with E-state index < -0.39 is 11.7 Å². The Hall–Kier alpha value is -2.76. The smallest absolute Gasteiger partial charge is 0.416 e. The van der Waals surface area contributed by atoms with Gasteiger partial charge in [0.1, 0.15) is 5.75 Å². The first-order chi connectivity index (χ1) is 12.3. The second kappa shape index (κ2) is 8.56. The third-order valence-electron chi connectivity index (χ3n) is 3.72. The Balaban J connectivity index is 2.04. The van der Waals surface area contributed by atoms with Gasteiger partial charge in [-0.1, -0.05) is 30.3 Å². The summed E-state index contributed by atoms with van der Waals surface area (Å²) in [6.45, 7) is 2.33. The van der Waals surface area contributed by atoms with E-state index in [2.05, 4.69) is 0 Å². The number of carbonyl (C=O) groups is 1. The van der Waals surface area contributed by atoms with Crippen molar-refractivity contribution in [2.24, 2.45) is 0 Å². The van der Waals surface area contributed by atoms with Gasteiger partial charge >= 0.3 is 6.18 Å². The summed E-state index contributed by atoms with van der Waals surface area (Å²) in [5, 5.41) is 0. The van der Waals surface area contributed by atoms with Crippen molar-refractivity contribution in [1.82, 2.24) is 4.90 Å². The summed E-state index contributed by atoms with van der Waals surface area (Å²) in [5.74, 6) is 0.354. The Labute approximate surface area is 150 Å². The van der Waals surface area contributed by atoms with Crippen LogP contribution in [-0.2, 0) is 17.5 Å². The molecule has 0 bridgehead atoms. The molecule has 1 amide bonds. The van der Waals surface area contributed by atoms with E-state index in [0.29, 0.717) is 6.61 Å². The molecule has 0 heterocycles. The van der Waals surface area contributed by atoms with Gasteiger partial charge in [0.15, 0.2) is 0 Å². The summed E-state index contributed by atoms with van der Waals surface area (Å²) in [4.78, 5) is 13.4. The molecule has 0 spiro atoms. The van der Waals surface area contributed by atoms with Crippen molar-refractivity contribution in [1.29, 1.82) is 0 Å². The quantitative estimate of drug-likeness (QED) is 0.692. The van der Waals surface area contributed by atoms with Gasteiger partial charge in [-0.05, 0) is 42.3 Å². The van der Waals surface area contributed by atoms with Gasteiger partial charge in [-0.3, -0.25) is 4.79 Å².